The van der Waals surface area contributed by atoms with Crippen molar-refractivity contribution < 1.29 is 13.2 Å². The number of rotatable bonds is 2. The van der Waals surface area contributed by atoms with Gasteiger partial charge in [-0.1, -0.05) is 6.07 Å². The molecule has 20 heavy (non-hydrogen) atoms. The molecule has 1 unspecified atom stereocenters. The lowest BCUT2D eigenvalue weighted by molar-refractivity contribution is -0.117. The quantitative estimate of drug-likeness (QED) is 0.795. The average molecular weight is 295 g/mol. The molecule has 0 aromatic carbocycles. The molecule has 0 saturated carbocycles. The van der Waals surface area contributed by atoms with Gasteiger partial charge in [-0.2, -0.15) is 0 Å². The maximum absolute atomic E-state index is 12.2. The third kappa shape index (κ3) is 2.31. The molecular weight excluding hydrogens is 278 g/mol. The highest BCUT2D eigenvalue weighted by Gasteiger charge is 2.49. The van der Waals surface area contributed by atoms with Crippen molar-refractivity contribution in [2.24, 2.45) is 5.41 Å². The van der Waals surface area contributed by atoms with Crippen molar-refractivity contribution in [2.45, 2.75) is 12.8 Å². The second-order valence-corrected chi connectivity index (χ2v) is 7.67. The highest BCUT2D eigenvalue weighted by Crippen LogP contribution is 2.41. The summed E-state index contributed by atoms with van der Waals surface area (Å²) in [6, 6.07) is 5.46. The number of amides is 1. The van der Waals surface area contributed by atoms with Crippen LogP contribution in [-0.4, -0.2) is 49.5 Å². The molecule has 1 aromatic heterocycles. The second-order valence-electron chi connectivity index (χ2n) is 5.69. The zero-order chi connectivity index (χ0) is 14.4. The fourth-order valence-electron chi connectivity index (χ4n) is 3.07. The predicted molar refractivity (Wildman–Crippen MR) is 74.7 cm³/mol. The molecule has 0 radical (unpaired) electrons. The Hall–Kier alpha value is -1.47. The molecule has 2 aliphatic heterocycles. The number of anilines is 1. The van der Waals surface area contributed by atoms with Crippen molar-refractivity contribution >= 4 is 21.7 Å². The van der Waals surface area contributed by atoms with E-state index in [9.17, 15) is 13.2 Å². The maximum Gasteiger partial charge on any atom is 0.228 e. The lowest BCUT2D eigenvalue weighted by Crippen LogP contribution is -2.33. The molecule has 3 rings (SSSR count). The fourth-order valence-corrected chi connectivity index (χ4v) is 4.00. The lowest BCUT2D eigenvalue weighted by atomic mass is 9.86. The summed E-state index contributed by atoms with van der Waals surface area (Å²) in [7, 11) is -3.18. The van der Waals surface area contributed by atoms with Crippen LogP contribution in [0.2, 0.25) is 0 Å². The number of hydrogen-bond acceptors (Lipinski definition) is 4. The number of carbonyl (C=O) groups is 1. The van der Waals surface area contributed by atoms with Crippen molar-refractivity contribution in [3.8, 4) is 0 Å². The van der Waals surface area contributed by atoms with Gasteiger partial charge >= 0.3 is 0 Å². The van der Waals surface area contributed by atoms with Gasteiger partial charge in [0.2, 0.25) is 15.9 Å². The smallest absolute Gasteiger partial charge is 0.228 e. The lowest BCUT2D eigenvalue weighted by Gasteiger charge is -2.23. The third-order valence-electron chi connectivity index (χ3n) is 4.12. The molecule has 1 aromatic rings. The van der Waals surface area contributed by atoms with E-state index in [-0.39, 0.29) is 11.3 Å². The molecule has 0 aliphatic carbocycles. The van der Waals surface area contributed by atoms with Gasteiger partial charge in [-0.15, -0.1) is 0 Å². The van der Waals surface area contributed by atoms with Crippen LogP contribution in [-0.2, 0) is 14.8 Å². The molecule has 0 bridgehead atoms. The summed E-state index contributed by atoms with van der Waals surface area (Å²) in [5.41, 5.74) is -0.252. The van der Waals surface area contributed by atoms with Crippen LogP contribution >= 0.6 is 0 Å². The molecule has 108 valence electrons. The topological polar surface area (TPSA) is 70.6 Å². The summed E-state index contributed by atoms with van der Waals surface area (Å²) in [6.45, 7) is 1.48. The Morgan fingerprint density at radius 2 is 2.10 bits per heavy atom. The largest absolute Gasteiger partial charge is 0.296 e. The van der Waals surface area contributed by atoms with E-state index in [4.69, 9.17) is 0 Å². The first-order valence-electron chi connectivity index (χ1n) is 6.56. The van der Waals surface area contributed by atoms with Gasteiger partial charge in [0, 0.05) is 37.7 Å². The Labute approximate surface area is 118 Å². The Balaban J connectivity index is 1.81. The number of carbonyl (C=O) groups excluding carboxylic acids is 1. The SMILES string of the molecule is CS(=O)(=O)N1CCC2(CC(=O)N(c3ccccn3)C2)C1. The van der Waals surface area contributed by atoms with Gasteiger partial charge < -0.3 is 0 Å². The van der Waals surface area contributed by atoms with E-state index in [0.717, 1.165) is 6.42 Å². The van der Waals surface area contributed by atoms with E-state index in [0.29, 0.717) is 31.9 Å². The average Bonchev–Trinajstić information content (AvgIpc) is 2.95. The Bertz CT molecular complexity index is 632. The van der Waals surface area contributed by atoms with E-state index in [2.05, 4.69) is 4.98 Å². The van der Waals surface area contributed by atoms with Crippen LogP contribution in [0.1, 0.15) is 12.8 Å². The molecule has 7 heteroatoms. The molecule has 6 nitrogen and oxygen atoms in total. The van der Waals surface area contributed by atoms with Crippen LogP contribution in [0.4, 0.5) is 5.82 Å². The van der Waals surface area contributed by atoms with E-state index in [1.54, 1.807) is 23.2 Å². The highest BCUT2D eigenvalue weighted by atomic mass is 32.2. The van der Waals surface area contributed by atoms with Crippen molar-refractivity contribution in [3.05, 3.63) is 24.4 Å². The van der Waals surface area contributed by atoms with Gasteiger partial charge in [-0.25, -0.2) is 17.7 Å². The minimum atomic E-state index is -3.18. The molecule has 0 N–H and O–H groups in total. The first kappa shape index (κ1) is 13.5. The number of sulfonamides is 1. The van der Waals surface area contributed by atoms with E-state index >= 15 is 0 Å². The van der Waals surface area contributed by atoms with Crippen molar-refractivity contribution in [2.75, 3.05) is 30.8 Å². The minimum Gasteiger partial charge on any atom is -0.296 e. The molecule has 3 heterocycles. The summed E-state index contributed by atoms with van der Waals surface area (Å²) in [5, 5.41) is 0. The monoisotopic (exact) mass is 295 g/mol. The van der Waals surface area contributed by atoms with Gasteiger partial charge in [0.25, 0.3) is 0 Å². The number of hydrogen-bond donors (Lipinski definition) is 0. The van der Waals surface area contributed by atoms with Gasteiger partial charge in [0.05, 0.1) is 6.26 Å². The minimum absolute atomic E-state index is 0.0269. The van der Waals surface area contributed by atoms with Gasteiger partial charge in [-0.05, 0) is 18.6 Å². The molecule has 2 saturated heterocycles. The van der Waals surface area contributed by atoms with Crippen LogP contribution in [0.25, 0.3) is 0 Å². The van der Waals surface area contributed by atoms with Crippen LogP contribution in [0.3, 0.4) is 0 Å². The summed E-state index contributed by atoms with van der Waals surface area (Å²) in [4.78, 5) is 18.1. The van der Waals surface area contributed by atoms with Crippen LogP contribution in [0.5, 0.6) is 0 Å². The molecule has 2 aliphatic rings. The number of aromatic nitrogens is 1. The Morgan fingerprint density at radius 3 is 2.70 bits per heavy atom. The Kier molecular flexibility index (Phi) is 3.06. The molecule has 1 atom stereocenters. The fraction of sp³-hybridized carbons (Fsp3) is 0.538. The van der Waals surface area contributed by atoms with Gasteiger partial charge in [-0.3, -0.25) is 9.69 Å². The molecule has 1 amide bonds. The van der Waals surface area contributed by atoms with Crippen LogP contribution < -0.4 is 4.90 Å². The van der Waals surface area contributed by atoms with Gasteiger partial charge in [0.1, 0.15) is 5.82 Å². The first-order chi connectivity index (χ1) is 9.40. The predicted octanol–water partition coefficient (Wildman–Crippen LogP) is 0.470. The number of nitrogens with zero attached hydrogens (tertiary/aromatic N) is 3. The molecular formula is C13H17N3O3S. The zero-order valence-corrected chi connectivity index (χ0v) is 12.1. The number of pyridine rings is 1. The standard InChI is InChI=1S/C13H17N3O3S/c1-20(18,19)15-7-5-13(9-15)8-12(17)16(10-13)11-4-2-3-6-14-11/h2-4,6H,5,7-10H2,1H3. The zero-order valence-electron chi connectivity index (χ0n) is 11.3. The summed E-state index contributed by atoms with van der Waals surface area (Å²) in [6.07, 6.45) is 4.01. The molecule has 1 spiro atoms. The van der Waals surface area contributed by atoms with Crippen molar-refractivity contribution in [1.82, 2.24) is 9.29 Å². The summed E-state index contributed by atoms with van der Waals surface area (Å²) >= 11 is 0. The van der Waals surface area contributed by atoms with Crippen LogP contribution in [0, 0.1) is 5.41 Å². The third-order valence-corrected chi connectivity index (χ3v) is 5.37. The highest BCUT2D eigenvalue weighted by molar-refractivity contribution is 7.88. The van der Waals surface area contributed by atoms with Gasteiger partial charge in [0.15, 0.2) is 0 Å². The van der Waals surface area contributed by atoms with E-state index < -0.39 is 10.0 Å². The molecule has 2 fully saturated rings. The van der Waals surface area contributed by atoms with Crippen LogP contribution in [0.15, 0.2) is 24.4 Å². The normalized spacial score (nSPS) is 27.6. The maximum atomic E-state index is 12.2. The summed E-state index contributed by atoms with van der Waals surface area (Å²) in [5.74, 6) is 0.672. The first-order valence-corrected chi connectivity index (χ1v) is 8.41. The van der Waals surface area contributed by atoms with Crippen molar-refractivity contribution in [1.29, 1.82) is 0 Å². The second kappa shape index (κ2) is 4.53. The van der Waals surface area contributed by atoms with E-state index in [1.165, 1.54) is 10.6 Å². The Morgan fingerprint density at radius 1 is 1.30 bits per heavy atom. The van der Waals surface area contributed by atoms with E-state index in [1.807, 2.05) is 6.07 Å². The van der Waals surface area contributed by atoms with Crippen molar-refractivity contribution in [3.63, 3.8) is 0 Å². The summed E-state index contributed by atoms with van der Waals surface area (Å²) < 4.78 is 24.7.